The Kier molecular flexibility index (Phi) is 6.89. The van der Waals surface area contributed by atoms with E-state index in [9.17, 15) is 4.79 Å². The van der Waals surface area contributed by atoms with E-state index in [0.717, 1.165) is 25.4 Å². The van der Waals surface area contributed by atoms with Crippen molar-refractivity contribution < 1.29 is 4.79 Å². The van der Waals surface area contributed by atoms with Gasteiger partial charge in [-0.2, -0.15) is 0 Å². The van der Waals surface area contributed by atoms with Gasteiger partial charge in [0.1, 0.15) is 0 Å². The van der Waals surface area contributed by atoms with Crippen molar-refractivity contribution in [1.82, 2.24) is 10.6 Å². The van der Waals surface area contributed by atoms with E-state index >= 15 is 0 Å². The molecule has 2 N–H and O–H groups in total. The average molecular weight is 254 g/mol. The molecule has 1 aromatic rings. The van der Waals surface area contributed by atoms with Crippen LogP contribution in [0.25, 0.3) is 0 Å². The molecule has 0 aliphatic rings. The van der Waals surface area contributed by atoms with Crippen LogP contribution in [0.2, 0.25) is 0 Å². The van der Waals surface area contributed by atoms with Crippen molar-refractivity contribution in [2.24, 2.45) is 5.92 Å². The maximum atomic E-state index is 11.5. The molecule has 4 heteroatoms. The lowest BCUT2D eigenvalue weighted by Gasteiger charge is -2.07. The van der Waals surface area contributed by atoms with Crippen LogP contribution in [-0.2, 0) is 11.3 Å². The van der Waals surface area contributed by atoms with Crippen LogP contribution < -0.4 is 10.6 Å². The third-order valence-corrected chi connectivity index (χ3v) is 3.34. The predicted molar refractivity (Wildman–Crippen MR) is 73.1 cm³/mol. The molecule has 3 nitrogen and oxygen atoms in total. The Hall–Kier alpha value is -0.870. The average Bonchev–Trinajstić information content (AvgIpc) is 2.78. The Morgan fingerprint density at radius 2 is 2.24 bits per heavy atom. The molecule has 0 unspecified atom stereocenters. The number of hydrogen-bond donors (Lipinski definition) is 2. The van der Waals surface area contributed by atoms with Crippen LogP contribution in [-0.4, -0.2) is 19.0 Å². The van der Waals surface area contributed by atoms with Crippen LogP contribution in [0.1, 0.15) is 31.6 Å². The number of thiophene rings is 1. The molecule has 0 spiro atoms. The normalized spacial score (nSPS) is 10.8. The molecule has 0 saturated heterocycles. The van der Waals surface area contributed by atoms with Crippen molar-refractivity contribution in [3.05, 3.63) is 22.4 Å². The van der Waals surface area contributed by atoms with Gasteiger partial charge in [0.25, 0.3) is 0 Å². The summed E-state index contributed by atoms with van der Waals surface area (Å²) in [5, 5.41) is 8.22. The summed E-state index contributed by atoms with van der Waals surface area (Å²) in [5.41, 5.74) is 0. The Balaban J connectivity index is 1.98. The fourth-order valence-corrected chi connectivity index (χ4v) is 2.05. The molecule has 0 fully saturated rings. The van der Waals surface area contributed by atoms with Crippen LogP contribution >= 0.6 is 11.3 Å². The van der Waals surface area contributed by atoms with Crippen LogP contribution in [0.3, 0.4) is 0 Å². The van der Waals surface area contributed by atoms with E-state index in [0.29, 0.717) is 13.0 Å². The summed E-state index contributed by atoms with van der Waals surface area (Å²) in [6.45, 7) is 6.83. The second kappa shape index (κ2) is 8.25. The van der Waals surface area contributed by atoms with Gasteiger partial charge in [0, 0.05) is 17.8 Å². The fourth-order valence-electron chi connectivity index (χ4n) is 1.40. The monoisotopic (exact) mass is 254 g/mol. The number of nitrogens with one attached hydrogen (secondary N) is 2. The van der Waals surface area contributed by atoms with Crippen molar-refractivity contribution in [3.63, 3.8) is 0 Å². The van der Waals surface area contributed by atoms with Crippen molar-refractivity contribution >= 4 is 17.2 Å². The van der Waals surface area contributed by atoms with E-state index in [2.05, 4.69) is 24.5 Å². The second-order valence-corrected chi connectivity index (χ2v) is 5.57. The molecule has 96 valence electrons. The molecular weight excluding hydrogens is 232 g/mol. The third kappa shape index (κ3) is 7.13. The summed E-state index contributed by atoms with van der Waals surface area (Å²) in [5.74, 6) is 0.839. The largest absolute Gasteiger partial charge is 0.351 e. The van der Waals surface area contributed by atoms with Gasteiger partial charge in [-0.1, -0.05) is 19.9 Å². The minimum Gasteiger partial charge on any atom is -0.351 e. The molecule has 0 radical (unpaired) electrons. The summed E-state index contributed by atoms with van der Waals surface area (Å²) < 4.78 is 0. The van der Waals surface area contributed by atoms with E-state index < -0.39 is 0 Å². The summed E-state index contributed by atoms with van der Waals surface area (Å²) in [6, 6.07) is 4.03. The minimum absolute atomic E-state index is 0.121. The Labute approximate surface area is 108 Å². The van der Waals surface area contributed by atoms with E-state index in [4.69, 9.17) is 0 Å². The summed E-state index contributed by atoms with van der Waals surface area (Å²) >= 11 is 1.67. The lowest BCUT2D eigenvalue weighted by atomic mass is 10.1. The zero-order valence-corrected chi connectivity index (χ0v) is 11.5. The number of rotatable bonds is 8. The summed E-state index contributed by atoms with van der Waals surface area (Å²) in [6.07, 6.45) is 1.72. The zero-order valence-electron chi connectivity index (χ0n) is 10.7. The first-order chi connectivity index (χ1) is 8.18. The summed E-state index contributed by atoms with van der Waals surface area (Å²) in [4.78, 5) is 12.7. The maximum Gasteiger partial charge on any atom is 0.221 e. The molecule has 1 rings (SSSR count). The van der Waals surface area contributed by atoms with Crippen LogP contribution in [0.15, 0.2) is 17.5 Å². The van der Waals surface area contributed by atoms with Crippen molar-refractivity contribution in [3.8, 4) is 0 Å². The predicted octanol–water partition coefficient (Wildman–Crippen LogP) is 2.39. The first-order valence-electron chi connectivity index (χ1n) is 6.18. The van der Waals surface area contributed by atoms with Crippen molar-refractivity contribution in [2.75, 3.05) is 13.1 Å². The topological polar surface area (TPSA) is 41.1 Å². The molecule has 17 heavy (non-hydrogen) atoms. The third-order valence-electron chi connectivity index (χ3n) is 2.47. The van der Waals surface area contributed by atoms with Gasteiger partial charge in [-0.05, 0) is 30.3 Å². The Bertz CT molecular complexity index is 309. The van der Waals surface area contributed by atoms with Crippen LogP contribution in [0, 0.1) is 5.92 Å². The SMILES string of the molecule is CC(C)CCNCCC(=O)NCc1cccs1. The van der Waals surface area contributed by atoms with E-state index in [-0.39, 0.29) is 5.91 Å². The van der Waals surface area contributed by atoms with Crippen molar-refractivity contribution in [2.45, 2.75) is 33.2 Å². The number of carbonyl (C=O) groups is 1. The summed E-state index contributed by atoms with van der Waals surface area (Å²) in [7, 11) is 0. The first-order valence-corrected chi connectivity index (χ1v) is 7.06. The van der Waals surface area contributed by atoms with Gasteiger partial charge < -0.3 is 10.6 Å². The minimum atomic E-state index is 0.121. The number of hydrogen-bond acceptors (Lipinski definition) is 3. The molecule has 0 aliphatic carbocycles. The Morgan fingerprint density at radius 3 is 2.88 bits per heavy atom. The molecule has 1 heterocycles. The highest BCUT2D eigenvalue weighted by molar-refractivity contribution is 7.09. The second-order valence-electron chi connectivity index (χ2n) is 4.54. The fraction of sp³-hybridized carbons (Fsp3) is 0.615. The smallest absolute Gasteiger partial charge is 0.221 e. The van der Waals surface area contributed by atoms with Gasteiger partial charge in [0.05, 0.1) is 6.54 Å². The lowest BCUT2D eigenvalue weighted by Crippen LogP contribution is -2.27. The highest BCUT2D eigenvalue weighted by atomic mass is 32.1. The lowest BCUT2D eigenvalue weighted by molar-refractivity contribution is -0.121. The molecule has 1 amide bonds. The maximum absolute atomic E-state index is 11.5. The zero-order chi connectivity index (χ0) is 12.5. The number of carbonyl (C=O) groups excluding carboxylic acids is 1. The molecular formula is C13H22N2OS. The quantitative estimate of drug-likeness (QED) is 0.699. The van der Waals surface area contributed by atoms with Gasteiger partial charge in [-0.15, -0.1) is 11.3 Å². The number of amides is 1. The van der Waals surface area contributed by atoms with E-state index in [1.807, 2.05) is 17.5 Å². The van der Waals surface area contributed by atoms with Crippen LogP contribution in [0.4, 0.5) is 0 Å². The molecule has 0 atom stereocenters. The highest BCUT2D eigenvalue weighted by Gasteiger charge is 2.01. The Morgan fingerprint density at radius 1 is 1.41 bits per heavy atom. The van der Waals surface area contributed by atoms with Gasteiger partial charge in [0.2, 0.25) is 5.91 Å². The van der Waals surface area contributed by atoms with E-state index in [1.54, 1.807) is 11.3 Å². The standard InChI is InChI=1S/C13H22N2OS/c1-11(2)5-7-14-8-6-13(16)15-10-12-4-3-9-17-12/h3-4,9,11,14H,5-8,10H2,1-2H3,(H,15,16). The van der Waals surface area contributed by atoms with Crippen molar-refractivity contribution in [1.29, 1.82) is 0 Å². The highest BCUT2D eigenvalue weighted by Crippen LogP contribution is 2.07. The van der Waals surface area contributed by atoms with E-state index in [1.165, 1.54) is 4.88 Å². The molecule has 0 bridgehead atoms. The van der Waals surface area contributed by atoms with Gasteiger partial charge in [0.15, 0.2) is 0 Å². The van der Waals surface area contributed by atoms with Crippen LogP contribution in [0.5, 0.6) is 0 Å². The van der Waals surface area contributed by atoms with Gasteiger partial charge >= 0.3 is 0 Å². The molecule has 0 aliphatic heterocycles. The first kappa shape index (κ1) is 14.2. The molecule has 0 aromatic carbocycles. The van der Waals surface area contributed by atoms with Gasteiger partial charge in [-0.3, -0.25) is 4.79 Å². The molecule has 0 saturated carbocycles. The van der Waals surface area contributed by atoms with Gasteiger partial charge in [-0.25, -0.2) is 0 Å². The molecule has 1 aromatic heterocycles.